The van der Waals surface area contributed by atoms with E-state index in [1.54, 1.807) is 22.7 Å². The number of aromatic nitrogens is 2. The molecule has 0 spiro atoms. The van der Waals surface area contributed by atoms with Gasteiger partial charge in [-0.1, -0.05) is 20.8 Å². The lowest BCUT2D eigenvalue weighted by atomic mass is 10.1. The molecule has 0 aromatic carbocycles. The van der Waals surface area contributed by atoms with Crippen molar-refractivity contribution in [1.82, 2.24) is 9.97 Å². The first-order valence-corrected chi connectivity index (χ1v) is 8.04. The van der Waals surface area contributed by atoms with Crippen molar-refractivity contribution in [2.75, 3.05) is 11.9 Å². The summed E-state index contributed by atoms with van der Waals surface area (Å²) in [6, 6.07) is 0. The van der Waals surface area contributed by atoms with Gasteiger partial charge in [-0.25, -0.2) is 9.97 Å². The number of rotatable bonds is 5. The van der Waals surface area contributed by atoms with Crippen molar-refractivity contribution in [1.29, 1.82) is 0 Å². The van der Waals surface area contributed by atoms with Crippen LogP contribution in [0.3, 0.4) is 0 Å². The molecule has 0 fully saturated rings. The Hall–Kier alpha value is -0.940. The van der Waals surface area contributed by atoms with Crippen molar-refractivity contribution in [3.63, 3.8) is 0 Å². The lowest BCUT2D eigenvalue weighted by Crippen LogP contribution is -1.95. The summed E-state index contributed by atoms with van der Waals surface area (Å²) in [4.78, 5) is 10.6. The summed E-state index contributed by atoms with van der Waals surface area (Å²) >= 11 is 3.44. The standard InChI is InChI=1S/C13H19N3S2/c1-5-10-16-11(8(3)4)12(18-10)9-7-17-13(15-9)14-6-2/h7-8H,5-6H2,1-4H3,(H,14,15). The van der Waals surface area contributed by atoms with Crippen molar-refractivity contribution in [2.45, 2.75) is 40.0 Å². The molecule has 0 radical (unpaired) electrons. The van der Waals surface area contributed by atoms with E-state index in [-0.39, 0.29) is 0 Å². The highest BCUT2D eigenvalue weighted by Crippen LogP contribution is 2.36. The van der Waals surface area contributed by atoms with Crippen LogP contribution in [0.4, 0.5) is 5.13 Å². The van der Waals surface area contributed by atoms with Crippen LogP contribution in [-0.4, -0.2) is 16.5 Å². The summed E-state index contributed by atoms with van der Waals surface area (Å²) in [7, 11) is 0. The Morgan fingerprint density at radius 3 is 2.67 bits per heavy atom. The Kier molecular flexibility index (Phi) is 4.35. The van der Waals surface area contributed by atoms with Crippen LogP contribution in [-0.2, 0) is 6.42 Å². The van der Waals surface area contributed by atoms with E-state index in [0.29, 0.717) is 5.92 Å². The predicted molar refractivity (Wildman–Crippen MR) is 80.9 cm³/mol. The molecule has 98 valence electrons. The highest BCUT2D eigenvalue weighted by atomic mass is 32.1. The zero-order chi connectivity index (χ0) is 13.1. The Bertz CT molecular complexity index is 514. The molecule has 0 amide bonds. The molecule has 0 bridgehead atoms. The number of anilines is 1. The lowest BCUT2D eigenvalue weighted by molar-refractivity contribution is 0.825. The molecule has 2 aromatic rings. The third-order valence-corrected chi connectivity index (χ3v) is 4.65. The first-order chi connectivity index (χ1) is 8.65. The average Bonchev–Trinajstić information content (AvgIpc) is 2.94. The molecule has 1 N–H and O–H groups in total. The Morgan fingerprint density at radius 1 is 1.28 bits per heavy atom. The zero-order valence-corrected chi connectivity index (χ0v) is 12.9. The van der Waals surface area contributed by atoms with Crippen LogP contribution in [0, 0.1) is 0 Å². The van der Waals surface area contributed by atoms with Gasteiger partial charge in [-0.2, -0.15) is 0 Å². The van der Waals surface area contributed by atoms with Crippen LogP contribution in [0.15, 0.2) is 5.38 Å². The monoisotopic (exact) mass is 281 g/mol. The minimum absolute atomic E-state index is 0.445. The second-order valence-electron chi connectivity index (χ2n) is 4.40. The molecule has 0 atom stereocenters. The lowest BCUT2D eigenvalue weighted by Gasteiger charge is -2.02. The zero-order valence-electron chi connectivity index (χ0n) is 11.3. The summed E-state index contributed by atoms with van der Waals surface area (Å²) in [6.45, 7) is 9.53. The summed E-state index contributed by atoms with van der Waals surface area (Å²) in [6.07, 6.45) is 0.995. The fraction of sp³-hybridized carbons (Fsp3) is 0.538. The minimum atomic E-state index is 0.445. The SMILES string of the molecule is CCNc1nc(-c2sc(CC)nc2C(C)C)cs1. The number of nitrogens with one attached hydrogen (secondary N) is 1. The summed E-state index contributed by atoms with van der Waals surface area (Å²) < 4.78 is 0. The van der Waals surface area contributed by atoms with E-state index in [1.165, 1.54) is 15.6 Å². The number of hydrogen-bond donors (Lipinski definition) is 1. The highest BCUT2D eigenvalue weighted by molar-refractivity contribution is 7.16. The van der Waals surface area contributed by atoms with E-state index in [4.69, 9.17) is 4.98 Å². The molecule has 0 aliphatic heterocycles. The molecule has 5 heteroatoms. The number of aryl methyl sites for hydroxylation is 1. The second kappa shape index (κ2) is 5.80. The Morgan fingerprint density at radius 2 is 2.06 bits per heavy atom. The van der Waals surface area contributed by atoms with Gasteiger partial charge in [0.2, 0.25) is 0 Å². The highest BCUT2D eigenvalue weighted by Gasteiger charge is 2.17. The molecule has 2 aromatic heterocycles. The van der Waals surface area contributed by atoms with Gasteiger partial charge in [-0.3, -0.25) is 0 Å². The topological polar surface area (TPSA) is 37.8 Å². The molecule has 0 saturated heterocycles. The van der Waals surface area contributed by atoms with Crippen LogP contribution < -0.4 is 5.32 Å². The van der Waals surface area contributed by atoms with Crippen LogP contribution >= 0.6 is 22.7 Å². The largest absolute Gasteiger partial charge is 0.362 e. The molecule has 0 unspecified atom stereocenters. The third-order valence-electron chi connectivity index (χ3n) is 2.61. The molecular weight excluding hydrogens is 262 g/mol. The smallest absolute Gasteiger partial charge is 0.183 e. The van der Waals surface area contributed by atoms with Crippen LogP contribution in [0.5, 0.6) is 0 Å². The van der Waals surface area contributed by atoms with Crippen molar-refractivity contribution < 1.29 is 0 Å². The van der Waals surface area contributed by atoms with Crippen LogP contribution in [0.1, 0.15) is 44.3 Å². The molecule has 18 heavy (non-hydrogen) atoms. The van der Waals surface area contributed by atoms with Gasteiger partial charge < -0.3 is 5.32 Å². The fourth-order valence-corrected chi connectivity index (χ4v) is 3.68. The fourth-order valence-electron chi connectivity index (χ4n) is 1.71. The van der Waals surface area contributed by atoms with E-state index in [1.807, 2.05) is 0 Å². The summed E-state index contributed by atoms with van der Waals surface area (Å²) in [5, 5.41) is 7.58. The van der Waals surface area contributed by atoms with E-state index in [0.717, 1.165) is 23.8 Å². The first kappa shape index (κ1) is 13.5. The molecule has 0 aliphatic rings. The maximum Gasteiger partial charge on any atom is 0.183 e. The molecule has 0 aliphatic carbocycles. The first-order valence-electron chi connectivity index (χ1n) is 6.35. The quantitative estimate of drug-likeness (QED) is 0.883. The molecular formula is C13H19N3S2. The van der Waals surface area contributed by atoms with Gasteiger partial charge in [0, 0.05) is 11.9 Å². The maximum absolute atomic E-state index is 4.72. The normalized spacial score (nSPS) is 11.2. The van der Waals surface area contributed by atoms with Gasteiger partial charge in [-0.15, -0.1) is 22.7 Å². The van der Waals surface area contributed by atoms with Gasteiger partial charge in [0.05, 0.1) is 21.3 Å². The molecule has 0 saturated carbocycles. The molecule has 3 nitrogen and oxygen atoms in total. The van der Waals surface area contributed by atoms with Gasteiger partial charge in [0.25, 0.3) is 0 Å². The van der Waals surface area contributed by atoms with Crippen LogP contribution in [0.25, 0.3) is 10.6 Å². The summed E-state index contributed by atoms with van der Waals surface area (Å²) in [5.74, 6) is 0.445. The molecule has 2 heterocycles. The van der Waals surface area contributed by atoms with Gasteiger partial charge in [0.15, 0.2) is 5.13 Å². The molecule has 2 rings (SSSR count). The second-order valence-corrected chi connectivity index (χ2v) is 6.34. The van der Waals surface area contributed by atoms with Crippen molar-refractivity contribution in [2.24, 2.45) is 0 Å². The van der Waals surface area contributed by atoms with E-state index >= 15 is 0 Å². The van der Waals surface area contributed by atoms with E-state index < -0.39 is 0 Å². The number of hydrogen-bond acceptors (Lipinski definition) is 5. The van der Waals surface area contributed by atoms with E-state index in [2.05, 4.69) is 43.4 Å². The average molecular weight is 281 g/mol. The maximum atomic E-state index is 4.72. The van der Waals surface area contributed by atoms with Gasteiger partial charge in [-0.05, 0) is 19.3 Å². The Balaban J connectivity index is 2.38. The number of nitrogens with zero attached hydrogens (tertiary/aromatic N) is 2. The van der Waals surface area contributed by atoms with Crippen molar-refractivity contribution in [3.8, 4) is 10.6 Å². The van der Waals surface area contributed by atoms with Gasteiger partial charge >= 0.3 is 0 Å². The minimum Gasteiger partial charge on any atom is -0.362 e. The van der Waals surface area contributed by atoms with Crippen molar-refractivity contribution >= 4 is 27.8 Å². The van der Waals surface area contributed by atoms with Crippen molar-refractivity contribution in [3.05, 3.63) is 16.1 Å². The van der Waals surface area contributed by atoms with Gasteiger partial charge in [0.1, 0.15) is 0 Å². The summed E-state index contributed by atoms with van der Waals surface area (Å²) in [5.41, 5.74) is 2.25. The van der Waals surface area contributed by atoms with Crippen LogP contribution in [0.2, 0.25) is 0 Å². The predicted octanol–water partition coefficient (Wildman–Crippen LogP) is 4.38. The number of thiazole rings is 2. The third kappa shape index (κ3) is 2.72. The Labute approximate surface area is 116 Å². The van der Waals surface area contributed by atoms with E-state index in [9.17, 15) is 0 Å².